The standard InChI is InChI=1S/C8H11F3N4OS/c1-2-5-13-7(15-14-5)17-3-6(16)12-4-8(9,10)11/h2-4H2,1H3,(H,12,16)(H,13,14,15). The fourth-order valence-corrected chi connectivity index (χ4v) is 1.53. The third-order valence-corrected chi connectivity index (χ3v) is 2.51. The van der Waals surface area contributed by atoms with E-state index in [1.54, 1.807) is 5.32 Å². The second-order valence-electron chi connectivity index (χ2n) is 3.10. The predicted molar refractivity (Wildman–Crippen MR) is 55.5 cm³/mol. The molecule has 1 aromatic rings. The van der Waals surface area contributed by atoms with Crippen molar-refractivity contribution >= 4 is 17.7 Å². The first-order valence-corrected chi connectivity index (χ1v) is 5.77. The molecule has 96 valence electrons. The Balaban J connectivity index is 2.28. The molecule has 0 saturated carbocycles. The molecule has 1 amide bonds. The highest BCUT2D eigenvalue weighted by atomic mass is 32.2. The lowest BCUT2D eigenvalue weighted by atomic mass is 10.5. The summed E-state index contributed by atoms with van der Waals surface area (Å²) in [6, 6.07) is 0. The highest BCUT2D eigenvalue weighted by Gasteiger charge is 2.27. The zero-order valence-corrected chi connectivity index (χ0v) is 9.78. The van der Waals surface area contributed by atoms with Gasteiger partial charge in [0, 0.05) is 6.42 Å². The molecule has 0 aromatic carbocycles. The van der Waals surface area contributed by atoms with Crippen molar-refractivity contribution in [2.75, 3.05) is 12.3 Å². The lowest BCUT2D eigenvalue weighted by Gasteiger charge is -2.07. The lowest BCUT2D eigenvalue weighted by molar-refractivity contribution is -0.136. The molecule has 1 heterocycles. The van der Waals surface area contributed by atoms with Gasteiger partial charge in [-0.25, -0.2) is 4.98 Å². The van der Waals surface area contributed by atoms with Gasteiger partial charge in [0.05, 0.1) is 5.75 Å². The van der Waals surface area contributed by atoms with E-state index in [0.29, 0.717) is 17.4 Å². The molecule has 17 heavy (non-hydrogen) atoms. The van der Waals surface area contributed by atoms with Gasteiger partial charge in [0.2, 0.25) is 11.1 Å². The number of aryl methyl sites for hydroxylation is 1. The number of carbonyl (C=O) groups excluding carboxylic acids is 1. The molecule has 0 spiro atoms. The van der Waals surface area contributed by atoms with Crippen LogP contribution >= 0.6 is 11.8 Å². The van der Waals surface area contributed by atoms with E-state index in [4.69, 9.17) is 0 Å². The Morgan fingerprint density at radius 1 is 1.53 bits per heavy atom. The maximum Gasteiger partial charge on any atom is 0.405 e. The van der Waals surface area contributed by atoms with Crippen LogP contribution in [0.25, 0.3) is 0 Å². The predicted octanol–water partition coefficient (Wildman–Crippen LogP) is 1.14. The first kappa shape index (κ1) is 13.8. The van der Waals surface area contributed by atoms with E-state index < -0.39 is 18.6 Å². The fourth-order valence-electron chi connectivity index (χ4n) is 0.880. The molecule has 0 atom stereocenters. The number of H-pyrrole nitrogens is 1. The number of hydrogen-bond acceptors (Lipinski definition) is 4. The Bertz CT molecular complexity index is 379. The van der Waals surface area contributed by atoms with Crippen LogP contribution in [0.15, 0.2) is 5.16 Å². The highest BCUT2D eigenvalue weighted by molar-refractivity contribution is 7.99. The fraction of sp³-hybridized carbons (Fsp3) is 0.625. The molecule has 2 N–H and O–H groups in total. The number of aromatic nitrogens is 3. The van der Waals surface area contributed by atoms with Gasteiger partial charge in [-0.1, -0.05) is 18.7 Å². The average Bonchev–Trinajstić information content (AvgIpc) is 2.70. The van der Waals surface area contributed by atoms with Crippen LogP contribution in [0.4, 0.5) is 13.2 Å². The van der Waals surface area contributed by atoms with Crippen LogP contribution in [0.3, 0.4) is 0 Å². The molecule has 0 aliphatic rings. The van der Waals surface area contributed by atoms with Gasteiger partial charge in [-0.15, -0.1) is 5.10 Å². The van der Waals surface area contributed by atoms with Crippen molar-refractivity contribution in [1.29, 1.82) is 0 Å². The van der Waals surface area contributed by atoms with Gasteiger partial charge in [-0.3, -0.25) is 9.89 Å². The number of halogens is 3. The van der Waals surface area contributed by atoms with Crippen molar-refractivity contribution in [2.45, 2.75) is 24.7 Å². The number of carbonyl (C=O) groups is 1. The van der Waals surface area contributed by atoms with E-state index in [0.717, 1.165) is 11.8 Å². The second-order valence-corrected chi connectivity index (χ2v) is 4.04. The summed E-state index contributed by atoms with van der Waals surface area (Å²) in [5.41, 5.74) is 0. The Kier molecular flexibility index (Phi) is 4.79. The van der Waals surface area contributed by atoms with Crippen LogP contribution in [0.2, 0.25) is 0 Å². The van der Waals surface area contributed by atoms with Crippen molar-refractivity contribution in [3.63, 3.8) is 0 Å². The molecule has 0 aliphatic carbocycles. The summed E-state index contributed by atoms with van der Waals surface area (Å²) in [6.45, 7) is 0.561. The summed E-state index contributed by atoms with van der Waals surface area (Å²) < 4.78 is 35.3. The summed E-state index contributed by atoms with van der Waals surface area (Å²) >= 11 is 0.982. The van der Waals surface area contributed by atoms with Crippen LogP contribution in [0, 0.1) is 0 Å². The maximum atomic E-state index is 11.8. The highest BCUT2D eigenvalue weighted by Crippen LogP contribution is 2.14. The Labute approximate surface area is 99.6 Å². The molecular formula is C8H11F3N4OS. The third kappa shape index (κ3) is 5.57. The van der Waals surface area contributed by atoms with Gasteiger partial charge >= 0.3 is 6.18 Å². The minimum Gasteiger partial charge on any atom is -0.346 e. The number of nitrogens with zero attached hydrogens (tertiary/aromatic N) is 2. The van der Waals surface area contributed by atoms with Gasteiger partial charge < -0.3 is 5.32 Å². The quantitative estimate of drug-likeness (QED) is 0.786. The lowest BCUT2D eigenvalue weighted by Crippen LogP contribution is -2.34. The SMILES string of the molecule is CCc1nc(SCC(=O)NCC(F)(F)F)n[nH]1. The van der Waals surface area contributed by atoms with Gasteiger partial charge in [-0.05, 0) is 0 Å². The summed E-state index contributed by atoms with van der Waals surface area (Å²) in [5, 5.41) is 8.55. The zero-order chi connectivity index (χ0) is 12.9. The number of rotatable bonds is 5. The average molecular weight is 268 g/mol. The molecule has 0 aliphatic heterocycles. The van der Waals surface area contributed by atoms with E-state index in [1.807, 2.05) is 6.92 Å². The van der Waals surface area contributed by atoms with Crippen LogP contribution in [0.1, 0.15) is 12.7 Å². The van der Waals surface area contributed by atoms with Gasteiger partial charge in [-0.2, -0.15) is 13.2 Å². The molecule has 0 unspecified atom stereocenters. The zero-order valence-electron chi connectivity index (χ0n) is 8.97. The van der Waals surface area contributed by atoms with Crippen LogP contribution < -0.4 is 5.32 Å². The molecule has 0 fully saturated rings. The summed E-state index contributed by atoms with van der Waals surface area (Å²) in [5.74, 6) is -0.171. The minimum absolute atomic E-state index is 0.142. The minimum atomic E-state index is -4.39. The number of alkyl halides is 3. The smallest absolute Gasteiger partial charge is 0.346 e. The van der Waals surface area contributed by atoms with E-state index in [9.17, 15) is 18.0 Å². The second kappa shape index (κ2) is 5.89. The number of aromatic amines is 1. The third-order valence-electron chi connectivity index (χ3n) is 1.66. The van der Waals surface area contributed by atoms with Crippen molar-refractivity contribution in [1.82, 2.24) is 20.5 Å². The number of thioether (sulfide) groups is 1. The van der Waals surface area contributed by atoms with Crippen LogP contribution in [-0.4, -0.2) is 39.6 Å². The van der Waals surface area contributed by atoms with Gasteiger partial charge in [0.15, 0.2) is 0 Å². The van der Waals surface area contributed by atoms with E-state index in [-0.39, 0.29) is 5.75 Å². The topological polar surface area (TPSA) is 70.7 Å². The molecular weight excluding hydrogens is 257 g/mol. The number of hydrogen-bond donors (Lipinski definition) is 2. The molecule has 1 rings (SSSR count). The largest absolute Gasteiger partial charge is 0.405 e. The summed E-state index contributed by atoms with van der Waals surface area (Å²) in [4.78, 5) is 15.0. The van der Waals surface area contributed by atoms with Crippen molar-refractivity contribution in [3.05, 3.63) is 5.82 Å². The maximum absolute atomic E-state index is 11.8. The Hall–Kier alpha value is -1.25. The number of amides is 1. The van der Waals surface area contributed by atoms with Gasteiger partial charge in [0.25, 0.3) is 0 Å². The molecule has 9 heteroatoms. The first-order valence-electron chi connectivity index (χ1n) is 4.78. The molecule has 0 bridgehead atoms. The molecule has 5 nitrogen and oxygen atoms in total. The summed E-state index contributed by atoms with van der Waals surface area (Å²) in [7, 11) is 0. The van der Waals surface area contributed by atoms with Crippen LogP contribution in [0.5, 0.6) is 0 Å². The first-order chi connectivity index (χ1) is 7.90. The normalized spacial score (nSPS) is 11.5. The van der Waals surface area contributed by atoms with Crippen LogP contribution in [-0.2, 0) is 11.2 Å². The van der Waals surface area contributed by atoms with E-state index in [2.05, 4.69) is 15.2 Å². The van der Waals surface area contributed by atoms with E-state index in [1.165, 1.54) is 0 Å². The summed E-state index contributed by atoms with van der Waals surface area (Å²) in [6.07, 6.45) is -3.71. The Morgan fingerprint density at radius 3 is 2.76 bits per heavy atom. The van der Waals surface area contributed by atoms with Crippen molar-refractivity contribution in [2.24, 2.45) is 0 Å². The molecule has 0 saturated heterocycles. The van der Waals surface area contributed by atoms with Gasteiger partial charge in [0.1, 0.15) is 12.4 Å². The van der Waals surface area contributed by atoms with E-state index >= 15 is 0 Å². The van der Waals surface area contributed by atoms with Crippen molar-refractivity contribution in [3.8, 4) is 0 Å². The van der Waals surface area contributed by atoms with Crippen molar-refractivity contribution < 1.29 is 18.0 Å². The monoisotopic (exact) mass is 268 g/mol. The number of nitrogens with one attached hydrogen (secondary N) is 2. The molecule has 1 aromatic heterocycles. The molecule has 0 radical (unpaired) electrons. The Morgan fingerprint density at radius 2 is 2.24 bits per heavy atom.